The first-order valence-electron chi connectivity index (χ1n) is 5.78. The van der Waals surface area contributed by atoms with Crippen LogP contribution in [0.1, 0.15) is 11.1 Å². The maximum atomic E-state index is 10.2. The second kappa shape index (κ2) is 3.49. The molecule has 0 aromatic heterocycles. The van der Waals surface area contributed by atoms with Crippen LogP contribution in [0.4, 0.5) is 0 Å². The smallest absolute Gasteiger partial charge is 0.126 e. The van der Waals surface area contributed by atoms with Gasteiger partial charge in [0.1, 0.15) is 5.75 Å². The fourth-order valence-electron chi connectivity index (χ4n) is 2.31. The van der Waals surface area contributed by atoms with Crippen molar-refractivity contribution in [2.45, 2.75) is 13.8 Å². The molecule has 0 bridgehead atoms. The Bertz CT molecular complexity index is 726. The van der Waals surface area contributed by atoms with Gasteiger partial charge < -0.3 is 5.11 Å². The SMILES string of the molecule is Cc1cc2cc3ccccc3cc2c(O)c1C. The maximum Gasteiger partial charge on any atom is 0.126 e. The van der Waals surface area contributed by atoms with Gasteiger partial charge >= 0.3 is 0 Å². The Labute approximate surface area is 100 Å². The Morgan fingerprint density at radius 2 is 1.47 bits per heavy atom. The summed E-state index contributed by atoms with van der Waals surface area (Å²) in [5, 5.41) is 14.6. The molecule has 0 saturated heterocycles. The minimum atomic E-state index is 0.408. The first-order valence-corrected chi connectivity index (χ1v) is 5.78. The van der Waals surface area contributed by atoms with Gasteiger partial charge in [-0.25, -0.2) is 0 Å². The van der Waals surface area contributed by atoms with Gasteiger partial charge in [-0.15, -0.1) is 0 Å². The minimum Gasteiger partial charge on any atom is -0.507 e. The van der Waals surface area contributed by atoms with Gasteiger partial charge in [0, 0.05) is 5.39 Å². The molecule has 0 spiro atoms. The predicted octanol–water partition coefficient (Wildman–Crippen LogP) is 4.32. The lowest BCUT2D eigenvalue weighted by Gasteiger charge is -2.09. The first-order chi connectivity index (χ1) is 8.16. The number of aromatic hydroxyl groups is 1. The summed E-state index contributed by atoms with van der Waals surface area (Å²) in [6.07, 6.45) is 0. The summed E-state index contributed by atoms with van der Waals surface area (Å²) in [5.41, 5.74) is 2.10. The third-order valence-electron chi connectivity index (χ3n) is 3.49. The molecule has 1 N–H and O–H groups in total. The number of phenolic OH excluding ortho intramolecular Hbond substituents is 1. The monoisotopic (exact) mass is 222 g/mol. The second-order valence-electron chi connectivity index (χ2n) is 4.59. The molecule has 0 radical (unpaired) electrons. The van der Waals surface area contributed by atoms with Gasteiger partial charge in [-0.05, 0) is 53.3 Å². The van der Waals surface area contributed by atoms with Crippen molar-refractivity contribution >= 4 is 21.5 Å². The van der Waals surface area contributed by atoms with Crippen LogP contribution >= 0.6 is 0 Å². The van der Waals surface area contributed by atoms with E-state index in [9.17, 15) is 5.11 Å². The van der Waals surface area contributed by atoms with Crippen LogP contribution in [0.25, 0.3) is 21.5 Å². The molecule has 0 heterocycles. The summed E-state index contributed by atoms with van der Waals surface area (Å²) in [6, 6.07) is 14.6. The van der Waals surface area contributed by atoms with Gasteiger partial charge in [0.25, 0.3) is 0 Å². The van der Waals surface area contributed by atoms with Crippen molar-refractivity contribution in [2.24, 2.45) is 0 Å². The lowest BCUT2D eigenvalue weighted by atomic mass is 9.98. The molecule has 3 rings (SSSR count). The van der Waals surface area contributed by atoms with Crippen LogP contribution < -0.4 is 0 Å². The molecule has 0 aliphatic heterocycles. The fourth-order valence-corrected chi connectivity index (χ4v) is 2.31. The van der Waals surface area contributed by atoms with Crippen LogP contribution in [-0.4, -0.2) is 5.11 Å². The Hall–Kier alpha value is -2.02. The number of benzene rings is 3. The van der Waals surface area contributed by atoms with Crippen LogP contribution in [0.2, 0.25) is 0 Å². The largest absolute Gasteiger partial charge is 0.507 e. The van der Waals surface area contributed by atoms with Crippen molar-refractivity contribution in [3.63, 3.8) is 0 Å². The molecular formula is C16H14O. The van der Waals surface area contributed by atoms with Gasteiger partial charge in [-0.3, -0.25) is 0 Å². The molecule has 0 amide bonds. The summed E-state index contributed by atoms with van der Waals surface area (Å²) in [6.45, 7) is 3.99. The summed E-state index contributed by atoms with van der Waals surface area (Å²) in [4.78, 5) is 0. The molecule has 1 nitrogen and oxygen atoms in total. The van der Waals surface area contributed by atoms with Crippen LogP contribution in [0.3, 0.4) is 0 Å². The molecular weight excluding hydrogens is 208 g/mol. The minimum absolute atomic E-state index is 0.408. The highest BCUT2D eigenvalue weighted by Crippen LogP contribution is 2.33. The van der Waals surface area contributed by atoms with E-state index in [1.165, 1.54) is 10.8 Å². The summed E-state index contributed by atoms with van der Waals surface area (Å²) in [5.74, 6) is 0.408. The molecule has 17 heavy (non-hydrogen) atoms. The lowest BCUT2D eigenvalue weighted by molar-refractivity contribution is 0.477. The average Bonchev–Trinajstić information content (AvgIpc) is 2.34. The maximum absolute atomic E-state index is 10.2. The zero-order valence-electron chi connectivity index (χ0n) is 9.99. The average molecular weight is 222 g/mol. The van der Waals surface area contributed by atoms with Gasteiger partial charge in [-0.1, -0.05) is 30.3 Å². The van der Waals surface area contributed by atoms with Crippen molar-refractivity contribution in [1.29, 1.82) is 0 Å². The zero-order valence-corrected chi connectivity index (χ0v) is 9.99. The standard InChI is InChI=1S/C16H14O/c1-10-7-14-8-12-5-3-4-6-13(12)9-15(14)16(17)11(10)2/h3-9,17H,1-2H3. The number of phenols is 1. The van der Waals surface area contributed by atoms with Gasteiger partial charge in [0.15, 0.2) is 0 Å². The molecule has 3 aromatic carbocycles. The molecule has 0 atom stereocenters. The molecule has 84 valence electrons. The topological polar surface area (TPSA) is 20.2 Å². The van der Waals surface area contributed by atoms with E-state index in [-0.39, 0.29) is 0 Å². The van der Waals surface area contributed by atoms with Gasteiger partial charge in [0.2, 0.25) is 0 Å². The quantitative estimate of drug-likeness (QED) is 0.562. The normalized spacial score (nSPS) is 11.2. The molecule has 0 unspecified atom stereocenters. The van der Waals surface area contributed by atoms with Crippen molar-refractivity contribution in [1.82, 2.24) is 0 Å². The van der Waals surface area contributed by atoms with Crippen LogP contribution in [0.15, 0.2) is 42.5 Å². The van der Waals surface area contributed by atoms with Crippen molar-refractivity contribution < 1.29 is 5.11 Å². The summed E-state index contributed by atoms with van der Waals surface area (Å²) < 4.78 is 0. The van der Waals surface area contributed by atoms with E-state index < -0.39 is 0 Å². The van der Waals surface area contributed by atoms with Crippen molar-refractivity contribution in [2.75, 3.05) is 0 Å². The van der Waals surface area contributed by atoms with E-state index >= 15 is 0 Å². The summed E-state index contributed by atoms with van der Waals surface area (Å²) >= 11 is 0. The number of hydrogen-bond acceptors (Lipinski definition) is 1. The van der Waals surface area contributed by atoms with Gasteiger partial charge in [0.05, 0.1) is 0 Å². The third kappa shape index (κ3) is 1.47. The number of aryl methyl sites for hydroxylation is 1. The fraction of sp³-hybridized carbons (Fsp3) is 0.125. The van der Waals surface area contributed by atoms with E-state index in [1.807, 2.05) is 26.0 Å². The van der Waals surface area contributed by atoms with E-state index in [2.05, 4.69) is 30.3 Å². The second-order valence-corrected chi connectivity index (χ2v) is 4.59. The highest BCUT2D eigenvalue weighted by Gasteiger charge is 2.07. The van der Waals surface area contributed by atoms with Crippen molar-refractivity contribution in [3.05, 3.63) is 53.6 Å². The van der Waals surface area contributed by atoms with E-state index in [4.69, 9.17) is 0 Å². The number of hydrogen-bond donors (Lipinski definition) is 1. The predicted molar refractivity (Wildman–Crippen MR) is 72.6 cm³/mol. The van der Waals surface area contributed by atoms with E-state index in [0.29, 0.717) is 5.75 Å². The molecule has 0 aliphatic rings. The highest BCUT2D eigenvalue weighted by molar-refractivity contribution is 6.01. The third-order valence-corrected chi connectivity index (χ3v) is 3.49. The highest BCUT2D eigenvalue weighted by atomic mass is 16.3. The first kappa shape index (κ1) is 10.2. The van der Waals surface area contributed by atoms with Crippen LogP contribution in [0, 0.1) is 13.8 Å². The molecule has 1 heteroatoms. The molecule has 0 aliphatic carbocycles. The van der Waals surface area contributed by atoms with Crippen LogP contribution in [0.5, 0.6) is 5.75 Å². The molecule has 0 saturated carbocycles. The van der Waals surface area contributed by atoms with E-state index in [1.54, 1.807) is 0 Å². The number of fused-ring (bicyclic) bond motifs is 2. The van der Waals surface area contributed by atoms with Gasteiger partial charge in [-0.2, -0.15) is 0 Å². The van der Waals surface area contributed by atoms with Crippen molar-refractivity contribution in [3.8, 4) is 5.75 Å². The zero-order chi connectivity index (χ0) is 12.0. The number of rotatable bonds is 0. The lowest BCUT2D eigenvalue weighted by Crippen LogP contribution is -1.85. The van der Waals surface area contributed by atoms with E-state index in [0.717, 1.165) is 21.9 Å². The van der Waals surface area contributed by atoms with Crippen LogP contribution in [-0.2, 0) is 0 Å². The Balaban J connectivity index is 2.52. The Kier molecular flexibility index (Phi) is 2.08. The Morgan fingerprint density at radius 1 is 0.824 bits per heavy atom. The molecule has 0 fully saturated rings. The Morgan fingerprint density at radius 3 is 2.18 bits per heavy atom. The molecule has 3 aromatic rings. The summed E-state index contributed by atoms with van der Waals surface area (Å²) in [7, 11) is 0.